The Balaban J connectivity index is 1.04. The van der Waals surface area contributed by atoms with E-state index in [4.69, 9.17) is 25.9 Å². The molecule has 12 nitrogen and oxygen atoms in total. The smallest absolute Gasteiger partial charge is 0.303 e. The first-order valence-corrected chi connectivity index (χ1v) is 27.7. The second kappa shape index (κ2) is 19.8. The lowest BCUT2D eigenvalue weighted by Crippen LogP contribution is -2.55. The number of phenolic OH excluding ortho intramolecular Hbond substituents is 1. The lowest BCUT2D eigenvalue weighted by Gasteiger charge is -2.44. The van der Waals surface area contributed by atoms with Crippen LogP contribution >= 0.6 is 21.6 Å². The molecule has 5 heterocycles. The van der Waals surface area contributed by atoms with Crippen molar-refractivity contribution in [3.05, 3.63) is 46.3 Å². The molecule has 0 unspecified atom stereocenters. The number of nitrogens with two attached hydrogens (primary N) is 2. The topological polar surface area (TPSA) is 185 Å². The number of fused-ring (bicyclic) bond motifs is 14. The molecule has 0 aromatic heterocycles. The van der Waals surface area contributed by atoms with Gasteiger partial charge in [0, 0.05) is 73.7 Å². The van der Waals surface area contributed by atoms with Crippen LogP contribution in [0.25, 0.3) is 0 Å². The molecule has 14 heteroatoms. The van der Waals surface area contributed by atoms with Crippen molar-refractivity contribution in [2.75, 3.05) is 25.4 Å². The fraction of sp³-hybridized carbons (Fsp3) is 0.745. The van der Waals surface area contributed by atoms with Crippen molar-refractivity contribution in [2.24, 2.45) is 39.1 Å². The molecule has 5 fully saturated rings. The van der Waals surface area contributed by atoms with Gasteiger partial charge in [-0.2, -0.15) is 0 Å². The molecular weight excluding hydrogens is 857 g/mol. The highest BCUT2D eigenvalue weighted by Gasteiger charge is 2.57. The summed E-state index contributed by atoms with van der Waals surface area (Å²) >= 11 is 0. The molecule has 1 amide bonds. The minimum absolute atomic E-state index is 0.0534. The number of allylic oxidation sites excluding steroid dienone is 2. The van der Waals surface area contributed by atoms with E-state index in [9.17, 15) is 19.8 Å². The summed E-state index contributed by atoms with van der Waals surface area (Å²) in [5.74, 6) is 3.27. The molecule has 65 heavy (non-hydrogen) atoms. The fourth-order valence-corrected chi connectivity index (χ4v) is 17.4. The maximum absolute atomic E-state index is 14.4. The standard InChI is InChI=1S/C51H76N6O6S2/c1-34(58)63-50-21-14-36(41(59)30-50)9-3-2-6-26-64-65-51(20-8-19-49(51)17-4-5-18-49)56-47(53)55-25-23-48(29-35-16-24-54-43(52)27-35)31-44(60)57(33-48)32-39-28-38(15-22-50)40-13-12-37-10-7-11-42(37)62-46(40)45(39)61/h16,27-28,36-37,41-42,54,59,61H,2-15,17-26,29-33,52H2,1H3,(H3,53,55,56)/t36-,37-,41+,42-,48-,50+,51+/m0/s1. The second-order valence-corrected chi connectivity index (χ2v) is 24.2. The lowest BCUT2D eigenvalue weighted by molar-refractivity contribution is -0.168. The Hall–Kier alpha value is -3.23. The molecule has 1 saturated heterocycles. The van der Waals surface area contributed by atoms with E-state index in [1.165, 1.54) is 45.4 Å². The summed E-state index contributed by atoms with van der Waals surface area (Å²) < 4.78 is 13.1. The van der Waals surface area contributed by atoms with Gasteiger partial charge in [-0.25, -0.2) is 0 Å². The number of carbonyl (C=O) groups is 2. The van der Waals surface area contributed by atoms with Gasteiger partial charge in [0.2, 0.25) is 5.91 Å². The van der Waals surface area contributed by atoms with Crippen LogP contribution in [-0.4, -0.2) is 81.0 Å². The molecule has 5 aliphatic heterocycles. The van der Waals surface area contributed by atoms with Crippen molar-refractivity contribution in [3.8, 4) is 11.5 Å². The zero-order chi connectivity index (χ0) is 45.2. The third-order valence-electron chi connectivity index (χ3n) is 17.2. The largest absolute Gasteiger partial charge is 0.504 e. The Morgan fingerprint density at radius 1 is 0.954 bits per heavy atom. The van der Waals surface area contributed by atoms with Gasteiger partial charge in [0.25, 0.3) is 0 Å². The Morgan fingerprint density at radius 2 is 1.78 bits per heavy atom. The number of carbonyl (C=O) groups excluding carboxylic acids is 2. The lowest BCUT2D eigenvalue weighted by atomic mass is 9.72. The third kappa shape index (κ3) is 10.2. The fourth-order valence-electron chi connectivity index (χ4n) is 13.8. The SMILES string of the molecule is CC(=O)O[C@@]12CCc3cc(c(O)c4c3CC[C@@H]3CCC[C@@H]3O4)CN3C[C@](CC4=CCNC(N)=C4)(CCN=C(N)N[C@]4(CCCC45CCCC5)SSCCCCC[C@@H](CC1)[C@H](O)C2)CC3=O. The Bertz CT molecular complexity index is 2020. The highest BCUT2D eigenvalue weighted by molar-refractivity contribution is 8.77. The zero-order valence-corrected chi connectivity index (χ0v) is 40.6. The molecule has 1 aromatic rings. The highest BCUT2D eigenvalue weighted by Crippen LogP contribution is 2.63. The van der Waals surface area contributed by atoms with Gasteiger partial charge in [0.1, 0.15) is 16.6 Å². The number of nitrogens with zero attached hydrogens (tertiary/aromatic N) is 2. The molecule has 8 N–H and O–H groups in total. The van der Waals surface area contributed by atoms with Gasteiger partial charge in [-0.1, -0.05) is 53.3 Å². The predicted molar refractivity (Wildman–Crippen MR) is 260 cm³/mol. The van der Waals surface area contributed by atoms with E-state index in [1.54, 1.807) is 0 Å². The minimum Gasteiger partial charge on any atom is -0.504 e. The first kappa shape index (κ1) is 46.9. The number of rotatable bonds is 3. The number of aryl methyl sites for hydroxylation is 1. The number of aliphatic imine (C=N–C) groups is 1. The number of esters is 1. The number of benzene rings is 1. The Kier molecular flexibility index (Phi) is 14.3. The number of phenols is 1. The van der Waals surface area contributed by atoms with Crippen molar-refractivity contribution in [1.82, 2.24) is 15.5 Å². The maximum Gasteiger partial charge on any atom is 0.303 e. The molecule has 6 bridgehead atoms. The van der Waals surface area contributed by atoms with Crippen LogP contribution < -0.4 is 26.8 Å². The zero-order valence-electron chi connectivity index (χ0n) is 38.9. The summed E-state index contributed by atoms with van der Waals surface area (Å²) in [7, 11) is 3.98. The number of amides is 1. The van der Waals surface area contributed by atoms with Gasteiger partial charge >= 0.3 is 5.97 Å². The number of dihydropyridines is 1. The molecule has 4 saturated carbocycles. The van der Waals surface area contributed by atoms with Gasteiger partial charge < -0.3 is 46.7 Å². The molecule has 10 rings (SSSR count). The first-order valence-electron chi connectivity index (χ1n) is 25.3. The molecule has 1 aromatic carbocycles. The van der Waals surface area contributed by atoms with E-state index in [1.807, 2.05) is 32.6 Å². The average molecular weight is 933 g/mol. The summed E-state index contributed by atoms with van der Waals surface area (Å²) in [6, 6.07) is 2.10. The van der Waals surface area contributed by atoms with E-state index in [-0.39, 0.29) is 46.5 Å². The molecule has 7 atom stereocenters. The van der Waals surface area contributed by atoms with E-state index < -0.39 is 17.1 Å². The number of guanidine groups is 1. The van der Waals surface area contributed by atoms with Crippen LogP contribution in [0.5, 0.6) is 11.5 Å². The molecule has 0 radical (unpaired) electrons. The van der Waals surface area contributed by atoms with Gasteiger partial charge in [-0.3, -0.25) is 14.6 Å². The van der Waals surface area contributed by atoms with E-state index in [2.05, 4.69) is 22.8 Å². The van der Waals surface area contributed by atoms with Crippen LogP contribution in [-0.2, 0) is 33.7 Å². The number of aliphatic hydroxyl groups excluding tert-OH is 1. The number of nitrogens with one attached hydrogen (secondary N) is 2. The van der Waals surface area contributed by atoms with E-state index >= 15 is 0 Å². The quantitative estimate of drug-likeness (QED) is 0.126. The van der Waals surface area contributed by atoms with Gasteiger partial charge in [0.15, 0.2) is 17.5 Å². The Morgan fingerprint density at radius 3 is 2.60 bits per heavy atom. The van der Waals surface area contributed by atoms with Crippen molar-refractivity contribution < 1.29 is 29.3 Å². The third-order valence-corrected chi connectivity index (χ3v) is 20.5. The van der Waals surface area contributed by atoms with Crippen molar-refractivity contribution >= 4 is 39.4 Å². The van der Waals surface area contributed by atoms with Crippen molar-refractivity contribution in [1.29, 1.82) is 0 Å². The number of aliphatic hydroxyl groups is 1. The molecule has 9 aliphatic rings. The summed E-state index contributed by atoms with van der Waals surface area (Å²) in [6.45, 7) is 3.39. The normalized spacial score (nSPS) is 34.6. The number of hydrogen-bond donors (Lipinski definition) is 6. The number of ether oxygens (including phenoxy) is 2. The summed E-state index contributed by atoms with van der Waals surface area (Å²) in [4.78, 5) is 34.0. The summed E-state index contributed by atoms with van der Waals surface area (Å²) in [6.07, 6.45) is 26.3. The van der Waals surface area contributed by atoms with Crippen molar-refractivity contribution in [3.63, 3.8) is 0 Å². The molecule has 358 valence electrons. The number of aromatic hydroxyl groups is 1. The second-order valence-electron chi connectivity index (χ2n) is 21.5. The van der Waals surface area contributed by atoms with Gasteiger partial charge in [0.05, 0.1) is 11.9 Å². The summed E-state index contributed by atoms with van der Waals surface area (Å²) in [5.41, 5.74) is 16.1. The van der Waals surface area contributed by atoms with Gasteiger partial charge in [-0.15, -0.1) is 0 Å². The maximum atomic E-state index is 14.4. The van der Waals surface area contributed by atoms with Crippen molar-refractivity contribution in [2.45, 2.75) is 190 Å². The molecule has 4 aliphatic carbocycles. The van der Waals surface area contributed by atoms with Crippen LogP contribution in [0.3, 0.4) is 0 Å². The molecule has 2 spiro atoms. The van der Waals surface area contributed by atoms with Crippen LogP contribution in [0.15, 0.2) is 34.6 Å². The summed E-state index contributed by atoms with van der Waals surface area (Å²) in [5, 5.41) is 31.0. The minimum atomic E-state index is -0.772. The van der Waals surface area contributed by atoms with Crippen LogP contribution in [0.2, 0.25) is 0 Å². The van der Waals surface area contributed by atoms with E-state index in [0.29, 0.717) is 87.2 Å². The van der Waals surface area contributed by atoms with Crippen LogP contribution in [0.4, 0.5) is 0 Å². The van der Waals surface area contributed by atoms with Crippen LogP contribution in [0, 0.1) is 22.7 Å². The average Bonchev–Trinajstić information content (AvgIpc) is 4.04. The van der Waals surface area contributed by atoms with Gasteiger partial charge in [-0.05, 0) is 151 Å². The Labute approximate surface area is 395 Å². The predicted octanol–water partition coefficient (Wildman–Crippen LogP) is 8.41. The van der Waals surface area contributed by atoms with E-state index in [0.717, 1.165) is 99.5 Å². The number of hydrogen-bond acceptors (Lipinski definition) is 13. The first-order chi connectivity index (χ1) is 31.4. The highest BCUT2D eigenvalue weighted by atomic mass is 33.1. The molecular formula is C51H76N6O6S2. The van der Waals surface area contributed by atoms with Crippen LogP contribution in [0.1, 0.15) is 165 Å². The monoisotopic (exact) mass is 933 g/mol.